The molecule has 0 aliphatic heterocycles. The van der Waals surface area contributed by atoms with Crippen LogP contribution in [0, 0.1) is 12.7 Å². The standard InChI is InChI=1S/C15H16FN/c1-11-2-4-12(5-3-11)13-6-7-15(16)14(10-13)8-9-17/h2-7,10H,8-9,17H2,1H3. The second-order valence-corrected chi connectivity index (χ2v) is 4.21. The quantitative estimate of drug-likeness (QED) is 0.858. The second kappa shape index (κ2) is 5.11. The zero-order valence-electron chi connectivity index (χ0n) is 9.91. The summed E-state index contributed by atoms with van der Waals surface area (Å²) in [5.74, 6) is -0.175. The first-order valence-electron chi connectivity index (χ1n) is 5.76. The van der Waals surface area contributed by atoms with E-state index < -0.39 is 0 Å². The van der Waals surface area contributed by atoms with Crippen molar-refractivity contribution in [3.63, 3.8) is 0 Å². The molecule has 2 aromatic carbocycles. The van der Waals surface area contributed by atoms with Crippen molar-refractivity contribution in [2.24, 2.45) is 5.73 Å². The Morgan fingerprint density at radius 1 is 1.00 bits per heavy atom. The maximum atomic E-state index is 13.5. The van der Waals surface area contributed by atoms with E-state index >= 15 is 0 Å². The first kappa shape index (κ1) is 11.8. The Balaban J connectivity index is 2.39. The average molecular weight is 229 g/mol. The van der Waals surface area contributed by atoms with Gasteiger partial charge in [0.05, 0.1) is 0 Å². The summed E-state index contributed by atoms with van der Waals surface area (Å²) < 4.78 is 13.5. The van der Waals surface area contributed by atoms with Crippen LogP contribution >= 0.6 is 0 Å². The Hall–Kier alpha value is -1.67. The summed E-state index contributed by atoms with van der Waals surface area (Å²) in [6.07, 6.45) is 0.575. The molecule has 2 heteroatoms. The molecule has 0 spiro atoms. The normalized spacial score (nSPS) is 10.5. The lowest BCUT2D eigenvalue weighted by atomic mass is 10.0. The van der Waals surface area contributed by atoms with Crippen LogP contribution < -0.4 is 5.73 Å². The molecule has 0 unspecified atom stereocenters. The molecule has 0 heterocycles. The first-order valence-corrected chi connectivity index (χ1v) is 5.76. The van der Waals surface area contributed by atoms with Crippen molar-refractivity contribution < 1.29 is 4.39 Å². The van der Waals surface area contributed by atoms with E-state index in [0.717, 1.165) is 11.1 Å². The van der Waals surface area contributed by atoms with Crippen molar-refractivity contribution in [2.45, 2.75) is 13.3 Å². The van der Waals surface area contributed by atoms with Crippen LogP contribution in [0.3, 0.4) is 0 Å². The fraction of sp³-hybridized carbons (Fsp3) is 0.200. The lowest BCUT2D eigenvalue weighted by molar-refractivity contribution is 0.610. The summed E-state index contributed by atoms with van der Waals surface area (Å²) in [5, 5.41) is 0. The van der Waals surface area contributed by atoms with Gasteiger partial charge in [-0.1, -0.05) is 35.9 Å². The van der Waals surface area contributed by atoms with Gasteiger partial charge in [-0.15, -0.1) is 0 Å². The molecular formula is C15H16FN. The van der Waals surface area contributed by atoms with Gasteiger partial charge >= 0.3 is 0 Å². The molecule has 88 valence electrons. The molecule has 0 bridgehead atoms. The largest absolute Gasteiger partial charge is 0.330 e. The van der Waals surface area contributed by atoms with Crippen LogP contribution in [-0.2, 0) is 6.42 Å². The van der Waals surface area contributed by atoms with Crippen LogP contribution in [0.4, 0.5) is 4.39 Å². The first-order chi connectivity index (χ1) is 8.20. The van der Waals surface area contributed by atoms with E-state index in [-0.39, 0.29) is 5.82 Å². The van der Waals surface area contributed by atoms with Crippen molar-refractivity contribution in [3.8, 4) is 11.1 Å². The smallest absolute Gasteiger partial charge is 0.126 e. The van der Waals surface area contributed by atoms with Crippen molar-refractivity contribution in [2.75, 3.05) is 6.54 Å². The molecule has 0 saturated heterocycles. The molecule has 0 amide bonds. The Morgan fingerprint density at radius 3 is 2.29 bits per heavy atom. The number of nitrogens with two attached hydrogens (primary N) is 1. The number of benzene rings is 2. The highest BCUT2D eigenvalue weighted by molar-refractivity contribution is 5.64. The molecule has 2 aromatic rings. The SMILES string of the molecule is Cc1ccc(-c2ccc(F)c(CCN)c2)cc1. The fourth-order valence-corrected chi connectivity index (χ4v) is 1.85. The summed E-state index contributed by atoms with van der Waals surface area (Å²) in [5.41, 5.74) is 9.52. The van der Waals surface area contributed by atoms with Crippen molar-refractivity contribution in [1.82, 2.24) is 0 Å². The Bertz CT molecular complexity index is 503. The van der Waals surface area contributed by atoms with E-state index in [1.54, 1.807) is 6.07 Å². The summed E-state index contributed by atoms with van der Waals surface area (Å²) in [4.78, 5) is 0. The van der Waals surface area contributed by atoms with E-state index in [1.807, 2.05) is 13.0 Å². The lowest BCUT2D eigenvalue weighted by Gasteiger charge is -2.06. The summed E-state index contributed by atoms with van der Waals surface area (Å²) in [6.45, 7) is 2.52. The lowest BCUT2D eigenvalue weighted by Crippen LogP contribution is -2.04. The molecule has 0 aliphatic rings. The van der Waals surface area contributed by atoms with Gasteiger partial charge in [0.15, 0.2) is 0 Å². The van der Waals surface area contributed by atoms with E-state index in [4.69, 9.17) is 5.73 Å². The molecule has 0 fully saturated rings. The molecule has 0 radical (unpaired) electrons. The van der Waals surface area contributed by atoms with Crippen molar-refractivity contribution in [1.29, 1.82) is 0 Å². The monoisotopic (exact) mass is 229 g/mol. The van der Waals surface area contributed by atoms with Gasteiger partial charge in [0.25, 0.3) is 0 Å². The van der Waals surface area contributed by atoms with Gasteiger partial charge in [-0.05, 0) is 48.7 Å². The van der Waals surface area contributed by atoms with E-state index in [9.17, 15) is 4.39 Å². The molecule has 0 aromatic heterocycles. The van der Waals surface area contributed by atoms with Crippen LogP contribution in [0.5, 0.6) is 0 Å². The van der Waals surface area contributed by atoms with Gasteiger partial charge in [-0.3, -0.25) is 0 Å². The third kappa shape index (κ3) is 2.71. The minimum atomic E-state index is -0.175. The summed E-state index contributed by atoms with van der Waals surface area (Å²) in [7, 11) is 0. The van der Waals surface area contributed by atoms with Gasteiger partial charge < -0.3 is 5.73 Å². The highest BCUT2D eigenvalue weighted by Crippen LogP contribution is 2.22. The van der Waals surface area contributed by atoms with Gasteiger partial charge in [0, 0.05) is 0 Å². The highest BCUT2D eigenvalue weighted by atomic mass is 19.1. The number of halogens is 1. The topological polar surface area (TPSA) is 26.0 Å². The molecular weight excluding hydrogens is 213 g/mol. The second-order valence-electron chi connectivity index (χ2n) is 4.21. The maximum Gasteiger partial charge on any atom is 0.126 e. The van der Waals surface area contributed by atoms with Crippen LogP contribution in [0.2, 0.25) is 0 Å². The molecule has 2 N–H and O–H groups in total. The number of aryl methyl sites for hydroxylation is 1. The van der Waals surface area contributed by atoms with Crippen LogP contribution in [0.15, 0.2) is 42.5 Å². The molecule has 0 aliphatic carbocycles. The fourth-order valence-electron chi connectivity index (χ4n) is 1.85. The van der Waals surface area contributed by atoms with Gasteiger partial charge in [-0.25, -0.2) is 4.39 Å². The number of hydrogen-bond donors (Lipinski definition) is 1. The minimum absolute atomic E-state index is 0.175. The van der Waals surface area contributed by atoms with Crippen molar-refractivity contribution >= 4 is 0 Å². The third-order valence-electron chi connectivity index (χ3n) is 2.84. The third-order valence-corrected chi connectivity index (χ3v) is 2.84. The van der Waals surface area contributed by atoms with Crippen LogP contribution in [0.1, 0.15) is 11.1 Å². The van der Waals surface area contributed by atoms with Gasteiger partial charge in [-0.2, -0.15) is 0 Å². The van der Waals surface area contributed by atoms with Crippen molar-refractivity contribution in [3.05, 3.63) is 59.4 Å². The van der Waals surface area contributed by atoms with E-state index in [1.165, 1.54) is 11.6 Å². The van der Waals surface area contributed by atoms with Crippen LogP contribution in [-0.4, -0.2) is 6.54 Å². The predicted molar refractivity (Wildman–Crippen MR) is 69.3 cm³/mol. The zero-order chi connectivity index (χ0) is 12.3. The Labute approximate surface area is 101 Å². The minimum Gasteiger partial charge on any atom is -0.330 e. The molecule has 0 atom stereocenters. The Kier molecular flexibility index (Phi) is 3.55. The van der Waals surface area contributed by atoms with Crippen LogP contribution in [0.25, 0.3) is 11.1 Å². The molecule has 2 rings (SSSR count). The average Bonchev–Trinajstić information content (AvgIpc) is 2.33. The summed E-state index contributed by atoms with van der Waals surface area (Å²) in [6, 6.07) is 13.4. The van der Waals surface area contributed by atoms with Gasteiger partial charge in [0.2, 0.25) is 0 Å². The molecule has 0 saturated carbocycles. The number of rotatable bonds is 3. The highest BCUT2D eigenvalue weighted by Gasteiger charge is 2.04. The number of hydrogen-bond acceptors (Lipinski definition) is 1. The van der Waals surface area contributed by atoms with E-state index in [2.05, 4.69) is 24.3 Å². The van der Waals surface area contributed by atoms with E-state index in [0.29, 0.717) is 18.5 Å². The Morgan fingerprint density at radius 2 is 1.65 bits per heavy atom. The predicted octanol–water partition coefficient (Wildman–Crippen LogP) is 3.30. The zero-order valence-corrected chi connectivity index (χ0v) is 9.91. The van der Waals surface area contributed by atoms with Gasteiger partial charge in [0.1, 0.15) is 5.82 Å². The summed E-state index contributed by atoms with van der Waals surface area (Å²) >= 11 is 0. The molecule has 17 heavy (non-hydrogen) atoms. The molecule has 1 nitrogen and oxygen atoms in total. The maximum absolute atomic E-state index is 13.5.